The number of thioether (sulfide) groups is 1. The number of halogens is 1. The molecular weight excluding hydrogens is 352 g/mol. The number of hydrogen-bond donors (Lipinski definition) is 1. The number of aromatic nitrogens is 2. The molecule has 0 spiro atoms. The van der Waals surface area contributed by atoms with E-state index in [0.717, 1.165) is 9.37 Å². The highest BCUT2D eigenvalue weighted by Gasteiger charge is 2.27. The summed E-state index contributed by atoms with van der Waals surface area (Å²) in [5.74, 6) is 1.95. The van der Waals surface area contributed by atoms with Crippen LogP contribution >= 0.6 is 27.7 Å². The molecule has 2 aromatic rings. The van der Waals surface area contributed by atoms with Crippen molar-refractivity contribution < 1.29 is 9.63 Å². The minimum Gasteiger partial charge on any atom is -0.393 e. The van der Waals surface area contributed by atoms with Gasteiger partial charge in [-0.3, -0.25) is 0 Å². The van der Waals surface area contributed by atoms with Crippen molar-refractivity contribution in [1.82, 2.24) is 10.1 Å². The van der Waals surface area contributed by atoms with Crippen molar-refractivity contribution in [3.8, 4) is 0 Å². The van der Waals surface area contributed by atoms with Crippen molar-refractivity contribution in [3.05, 3.63) is 40.5 Å². The summed E-state index contributed by atoms with van der Waals surface area (Å²) >= 11 is 5.07. The molecule has 0 aliphatic carbocycles. The molecule has 1 heterocycles. The number of aliphatic hydroxyl groups is 1. The van der Waals surface area contributed by atoms with Gasteiger partial charge in [-0.15, -0.1) is 11.8 Å². The van der Waals surface area contributed by atoms with Gasteiger partial charge in [0.25, 0.3) is 0 Å². The van der Waals surface area contributed by atoms with Gasteiger partial charge in [0.05, 0.1) is 17.8 Å². The summed E-state index contributed by atoms with van der Waals surface area (Å²) in [6, 6.07) is 8.10. The molecule has 4 nitrogen and oxygen atoms in total. The van der Waals surface area contributed by atoms with Crippen molar-refractivity contribution in [2.24, 2.45) is 5.92 Å². The lowest BCUT2D eigenvalue weighted by Gasteiger charge is -2.19. The Morgan fingerprint density at radius 2 is 1.90 bits per heavy atom. The van der Waals surface area contributed by atoms with Crippen LogP contribution in [0.2, 0.25) is 0 Å². The number of rotatable bonds is 6. The van der Waals surface area contributed by atoms with E-state index in [1.165, 1.54) is 0 Å². The van der Waals surface area contributed by atoms with Gasteiger partial charge < -0.3 is 9.63 Å². The third-order valence-electron chi connectivity index (χ3n) is 3.19. The van der Waals surface area contributed by atoms with Crippen molar-refractivity contribution in [1.29, 1.82) is 0 Å². The molecule has 2 unspecified atom stereocenters. The summed E-state index contributed by atoms with van der Waals surface area (Å²) in [4.78, 5) is 5.57. The molecule has 2 atom stereocenters. The van der Waals surface area contributed by atoms with E-state index in [1.54, 1.807) is 18.7 Å². The molecule has 1 N–H and O–H groups in total. The Hall–Kier alpha value is -0.850. The highest BCUT2D eigenvalue weighted by atomic mass is 79.9. The molecular formula is C15H19BrN2O2S. The maximum atomic E-state index is 9.84. The number of aliphatic hydroxyl groups excluding tert-OH is 1. The van der Waals surface area contributed by atoms with Crippen LogP contribution in [0.1, 0.15) is 38.4 Å². The molecule has 21 heavy (non-hydrogen) atoms. The largest absolute Gasteiger partial charge is 0.393 e. The van der Waals surface area contributed by atoms with E-state index >= 15 is 0 Å². The van der Waals surface area contributed by atoms with Gasteiger partial charge in [-0.05, 0) is 37.1 Å². The Balaban J connectivity index is 2.01. The summed E-state index contributed by atoms with van der Waals surface area (Å²) < 4.78 is 6.38. The average molecular weight is 371 g/mol. The lowest BCUT2D eigenvalue weighted by molar-refractivity contribution is 0.120. The second-order valence-corrected chi connectivity index (χ2v) is 7.27. The molecule has 114 valence electrons. The van der Waals surface area contributed by atoms with Gasteiger partial charge in [0.1, 0.15) is 0 Å². The second-order valence-electron chi connectivity index (χ2n) is 5.30. The molecule has 0 saturated heterocycles. The van der Waals surface area contributed by atoms with Crippen LogP contribution in [0.15, 0.2) is 38.2 Å². The quantitative estimate of drug-likeness (QED) is 0.770. The predicted octanol–water partition coefficient (Wildman–Crippen LogP) is 4.24. The first-order valence-corrected chi connectivity index (χ1v) is 8.64. The Morgan fingerprint density at radius 1 is 1.24 bits per heavy atom. The van der Waals surface area contributed by atoms with Crippen LogP contribution in [-0.4, -0.2) is 21.4 Å². The fourth-order valence-electron chi connectivity index (χ4n) is 2.19. The molecule has 0 aliphatic heterocycles. The average Bonchev–Trinajstić information content (AvgIpc) is 2.85. The van der Waals surface area contributed by atoms with Crippen LogP contribution in [0.25, 0.3) is 0 Å². The van der Waals surface area contributed by atoms with Crippen molar-refractivity contribution in [3.63, 3.8) is 0 Å². The zero-order chi connectivity index (χ0) is 15.4. The van der Waals surface area contributed by atoms with E-state index < -0.39 is 6.10 Å². The minimum atomic E-state index is -0.502. The number of nitrogens with zero attached hydrogens (tertiary/aromatic N) is 2. The van der Waals surface area contributed by atoms with Crippen molar-refractivity contribution >= 4 is 27.7 Å². The van der Waals surface area contributed by atoms with Crippen LogP contribution < -0.4 is 0 Å². The Kier molecular flexibility index (Phi) is 5.84. The zero-order valence-electron chi connectivity index (χ0n) is 12.3. The van der Waals surface area contributed by atoms with Crippen LogP contribution in [0.3, 0.4) is 0 Å². The number of benzene rings is 1. The lowest BCUT2D eigenvalue weighted by Crippen LogP contribution is -2.20. The van der Waals surface area contributed by atoms with Crippen LogP contribution in [-0.2, 0) is 5.75 Å². The zero-order valence-corrected chi connectivity index (χ0v) is 14.7. The van der Waals surface area contributed by atoms with Gasteiger partial charge in [0, 0.05) is 9.37 Å². The van der Waals surface area contributed by atoms with E-state index in [9.17, 15) is 5.11 Å². The fraction of sp³-hybridized carbons (Fsp3) is 0.467. The molecule has 0 bridgehead atoms. The summed E-state index contributed by atoms with van der Waals surface area (Å²) in [7, 11) is 0. The van der Waals surface area contributed by atoms with E-state index in [4.69, 9.17) is 4.52 Å². The van der Waals surface area contributed by atoms with E-state index in [2.05, 4.69) is 26.1 Å². The van der Waals surface area contributed by atoms with Gasteiger partial charge in [-0.25, -0.2) is 0 Å². The SMILES string of the molecule is CC(C)C(c1nc(CSc2ccc(Br)cc2)no1)C(C)O. The van der Waals surface area contributed by atoms with Gasteiger partial charge >= 0.3 is 0 Å². The first-order valence-electron chi connectivity index (χ1n) is 6.86. The molecule has 2 rings (SSSR count). The maximum Gasteiger partial charge on any atom is 0.232 e. The van der Waals surface area contributed by atoms with Gasteiger partial charge in [-0.2, -0.15) is 4.98 Å². The molecule has 1 aromatic carbocycles. The van der Waals surface area contributed by atoms with Crippen LogP contribution in [0, 0.1) is 5.92 Å². The highest BCUT2D eigenvalue weighted by molar-refractivity contribution is 9.10. The van der Waals surface area contributed by atoms with Crippen LogP contribution in [0.5, 0.6) is 0 Å². The first-order chi connectivity index (χ1) is 9.97. The molecule has 0 fully saturated rings. The molecule has 0 radical (unpaired) electrons. The van der Waals surface area contributed by atoms with Gasteiger partial charge in [0.2, 0.25) is 5.89 Å². The van der Waals surface area contributed by atoms with E-state index in [-0.39, 0.29) is 11.8 Å². The van der Waals surface area contributed by atoms with Gasteiger partial charge in [-0.1, -0.05) is 34.9 Å². The maximum absolute atomic E-state index is 9.84. The summed E-state index contributed by atoms with van der Waals surface area (Å²) in [6.07, 6.45) is -0.502. The van der Waals surface area contributed by atoms with Gasteiger partial charge in [0.15, 0.2) is 5.82 Å². The lowest BCUT2D eigenvalue weighted by atomic mass is 9.91. The standard InChI is InChI=1S/C15H19BrN2O2S/c1-9(2)14(10(3)19)15-17-13(18-20-15)8-21-12-6-4-11(16)5-7-12/h4-7,9-10,14,19H,8H2,1-3H3. The monoisotopic (exact) mass is 370 g/mol. The van der Waals surface area contributed by atoms with E-state index in [0.29, 0.717) is 17.5 Å². The van der Waals surface area contributed by atoms with Crippen LogP contribution in [0.4, 0.5) is 0 Å². The highest BCUT2D eigenvalue weighted by Crippen LogP contribution is 2.28. The Labute approximate surface area is 137 Å². The first kappa shape index (κ1) is 16.5. The Morgan fingerprint density at radius 3 is 2.48 bits per heavy atom. The third kappa shape index (κ3) is 4.56. The Bertz CT molecular complexity index is 561. The fourth-order valence-corrected chi connectivity index (χ4v) is 3.19. The molecule has 0 amide bonds. The molecule has 0 aliphatic rings. The molecule has 6 heteroatoms. The predicted molar refractivity (Wildman–Crippen MR) is 87.3 cm³/mol. The number of hydrogen-bond acceptors (Lipinski definition) is 5. The normalized spacial score (nSPS) is 14.4. The third-order valence-corrected chi connectivity index (χ3v) is 4.73. The second kappa shape index (κ2) is 7.42. The minimum absolute atomic E-state index is 0.121. The smallest absolute Gasteiger partial charge is 0.232 e. The van der Waals surface area contributed by atoms with Crippen molar-refractivity contribution in [2.75, 3.05) is 0 Å². The van der Waals surface area contributed by atoms with Crippen molar-refractivity contribution in [2.45, 2.75) is 43.4 Å². The molecule has 1 aromatic heterocycles. The summed E-state index contributed by atoms with van der Waals surface area (Å²) in [5, 5.41) is 13.8. The summed E-state index contributed by atoms with van der Waals surface area (Å²) in [5.41, 5.74) is 0. The molecule has 0 saturated carbocycles. The summed E-state index contributed by atoms with van der Waals surface area (Å²) in [6.45, 7) is 5.83. The topological polar surface area (TPSA) is 59.2 Å². The van der Waals surface area contributed by atoms with E-state index in [1.807, 2.05) is 38.1 Å².